The molecule has 0 fully saturated rings. The zero-order chi connectivity index (χ0) is 10.4. The van der Waals surface area contributed by atoms with Crippen LogP contribution in [-0.4, -0.2) is 0 Å². The van der Waals surface area contributed by atoms with Crippen molar-refractivity contribution in [3.63, 3.8) is 0 Å². The molecular formula is C13H15F. The van der Waals surface area contributed by atoms with E-state index < -0.39 is 0 Å². The predicted molar refractivity (Wildman–Crippen MR) is 58.5 cm³/mol. The van der Waals surface area contributed by atoms with E-state index in [1.54, 1.807) is 12.1 Å². The van der Waals surface area contributed by atoms with Crippen LogP contribution in [0.4, 0.5) is 4.39 Å². The molecule has 0 atom stereocenters. The topological polar surface area (TPSA) is 0 Å². The summed E-state index contributed by atoms with van der Waals surface area (Å²) in [6.45, 7) is 5.80. The van der Waals surface area contributed by atoms with Crippen molar-refractivity contribution in [1.29, 1.82) is 0 Å². The van der Waals surface area contributed by atoms with Crippen LogP contribution in [0.2, 0.25) is 0 Å². The van der Waals surface area contributed by atoms with Gasteiger partial charge in [-0.25, -0.2) is 4.39 Å². The largest absolute Gasteiger partial charge is 0.207 e. The molecule has 0 aliphatic rings. The molecule has 0 unspecified atom stereocenters. The van der Waals surface area contributed by atoms with Crippen molar-refractivity contribution >= 4 is 5.57 Å². The van der Waals surface area contributed by atoms with Crippen LogP contribution >= 0.6 is 0 Å². The van der Waals surface area contributed by atoms with E-state index in [2.05, 4.69) is 19.2 Å². The molecule has 0 aromatic heterocycles. The summed E-state index contributed by atoms with van der Waals surface area (Å²) in [7, 11) is 0. The van der Waals surface area contributed by atoms with Gasteiger partial charge in [0.2, 0.25) is 0 Å². The molecule has 0 spiro atoms. The highest BCUT2D eigenvalue weighted by Crippen LogP contribution is 2.19. The number of hydrogen-bond donors (Lipinski definition) is 0. The zero-order valence-corrected chi connectivity index (χ0v) is 8.52. The third-order valence-electron chi connectivity index (χ3n) is 2.19. The molecule has 0 heterocycles. The van der Waals surface area contributed by atoms with Gasteiger partial charge in [0.15, 0.2) is 0 Å². The van der Waals surface area contributed by atoms with Gasteiger partial charge in [-0.05, 0) is 30.5 Å². The first-order valence-corrected chi connectivity index (χ1v) is 4.92. The van der Waals surface area contributed by atoms with Crippen LogP contribution in [0.15, 0.2) is 36.6 Å². The number of benzene rings is 1. The van der Waals surface area contributed by atoms with Crippen molar-refractivity contribution in [3.8, 4) is 0 Å². The molecular weight excluding hydrogens is 175 g/mol. The SMILES string of the molecule is C=C=C(CCCC)c1ccc(F)cc1. The molecule has 1 rings (SSSR count). The zero-order valence-electron chi connectivity index (χ0n) is 8.52. The first-order chi connectivity index (χ1) is 6.77. The summed E-state index contributed by atoms with van der Waals surface area (Å²) in [6.07, 6.45) is 3.23. The van der Waals surface area contributed by atoms with Crippen molar-refractivity contribution in [1.82, 2.24) is 0 Å². The number of halogens is 1. The van der Waals surface area contributed by atoms with Crippen molar-refractivity contribution < 1.29 is 4.39 Å². The average Bonchev–Trinajstić information content (AvgIpc) is 2.21. The summed E-state index contributed by atoms with van der Waals surface area (Å²) in [5, 5.41) is 0. The first kappa shape index (κ1) is 10.7. The Morgan fingerprint density at radius 2 is 2.00 bits per heavy atom. The Bertz CT molecular complexity index is 329. The molecule has 0 bridgehead atoms. The van der Waals surface area contributed by atoms with Crippen LogP contribution in [0.3, 0.4) is 0 Å². The maximum Gasteiger partial charge on any atom is 0.123 e. The van der Waals surface area contributed by atoms with Gasteiger partial charge in [-0.3, -0.25) is 0 Å². The fourth-order valence-corrected chi connectivity index (χ4v) is 1.34. The van der Waals surface area contributed by atoms with Crippen LogP contribution in [0.25, 0.3) is 5.57 Å². The number of rotatable bonds is 4. The quantitative estimate of drug-likeness (QED) is 0.625. The van der Waals surface area contributed by atoms with Gasteiger partial charge in [0, 0.05) is 5.57 Å². The van der Waals surface area contributed by atoms with Gasteiger partial charge in [-0.1, -0.05) is 32.1 Å². The van der Waals surface area contributed by atoms with Gasteiger partial charge in [0.05, 0.1) is 0 Å². The number of unbranched alkanes of at least 4 members (excludes halogenated alkanes) is 1. The summed E-state index contributed by atoms with van der Waals surface area (Å²) < 4.78 is 12.7. The molecule has 1 heteroatoms. The van der Waals surface area contributed by atoms with E-state index in [9.17, 15) is 4.39 Å². The summed E-state index contributed by atoms with van der Waals surface area (Å²) in [5.41, 5.74) is 5.02. The monoisotopic (exact) mass is 190 g/mol. The third-order valence-corrected chi connectivity index (χ3v) is 2.19. The Kier molecular flexibility index (Phi) is 4.15. The molecule has 0 saturated heterocycles. The minimum absolute atomic E-state index is 0.201. The van der Waals surface area contributed by atoms with Crippen molar-refractivity contribution in [2.75, 3.05) is 0 Å². The molecule has 0 saturated carbocycles. The van der Waals surface area contributed by atoms with E-state index in [-0.39, 0.29) is 5.82 Å². The lowest BCUT2D eigenvalue weighted by atomic mass is 10.0. The van der Waals surface area contributed by atoms with Crippen molar-refractivity contribution in [2.24, 2.45) is 0 Å². The predicted octanol–water partition coefficient (Wildman–Crippen LogP) is 4.18. The Morgan fingerprint density at radius 1 is 1.36 bits per heavy atom. The summed E-state index contributed by atoms with van der Waals surface area (Å²) in [6, 6.07) is 6.49. The van der Waals surface area contributed by atoms with Gasteiger partial charge >= 0.3 is 0 Å². The number of allylic oxidation sites excluding steroid dienone is 1. The fraction of sp³-hybridized carbons (Fsp3) is 0.308. The van der Waals surface area contributed by atoms with Crippen molar-refractivity contribution in [2.45, 2.75) is 26.2 Å². The van der Waals surface area contributed by atoms with Crippen LogP contribution in [0, 0.1) is 5.82 Å². The lowest BCUT2D eigenvalue weighted by Crippen LogP contribution is -1.84. The second-order valence-electron chi connectivity index (χ2n) is 3.27. The van der Waals surface area contributed by atoms with Crippen LogP contribution < -0.4 is 0 Å². The minimum atomic E-state index is -0.201. The van der Waals surface area contributed by atoms with E-state index in [1.165, 1.54) is 12.1 Å². The normalized spacial score (nSPS) is 9.57. The van der Waals surface area contributed by atoms with E-state index in [4.69, 9.17) is 0 Å². The molecule has 1 aromatic carbocycles. The second kappa shape index (κ2) is 5.41. The molecule has 0 aliphatic carbocycles. The molecule has 14 heavy (non-hydrogen) atoms. The molecule has 1 aromatic rings. The van der Waals surface area contributed by atoms with Gasteiger partial charge in [-0.15, -0.1) is 5.73 Å². The Labute approximate surface area is 84.8 Å². The van der Waals surface area contributed by atoms with Gasteiger partial charge in [-0.2, -0.15) is 0 Å². The van der Waals surface area contributed by atoms with Gasteiger partial charge in [0.1, 0.15) is 5.82 Å². The second-order valence-corrected chi connectivity index (χ2v) is 3.27. The highest BCUT2D eigenvalue weighted by molar-refractivity contribution is 5.64. The maximum atomic E-state index is 12.7. The smallest absolute Gasteiger partial charge is 0.123 e. The maximum absolute atomic E-state index is 12.7. The van der Waals surface area contributed by atoms with E-state index in [0.29, 0.717) is 0 Å². The van der Waals surface area contributed by atoms with Crippen LogP contribution in [-0.2, 0) is 0 Å². The van der Waals surface area contributed by atoms with E-state index in [0.717, 1.165) is 30.4 Å². The molecule has 74 valence electrons. The molecule has 0 nitrogen and oxygen atoms in total. The van der Waals surface area contributed by atoms with Crippen LogP contribution in [0.5, 0.6) is 0 Å². The molecule has 0 N–H and O–H groups in total. The van der Waals surface area contributed by atoms with Crippen molar-refractivity contribution in [3.05, 3.63) is 48.0 Å². The summed E-state index contributed by atoms with van der Waals surface area (Å²) in [5.74, 6) is -0.201. The lowest BCUT2D eigenvalue weighted by molar-refractivity contribution is 0.627. The highest BCUT2D eigenvalue weighted by atomic mass is 19.1. The molecule has 0 amide bonds. The van der Waals surface area contributed by atoms with Gasteiger partial charge in [0.25, 0.3) is 0 Å². The Hall–Kier alpha value is -1.33. The Balaban J connectivity index is 2.80. The molecule has 0 radical (unpaired) electrons. The van der Waals surface area contributed by atoms with Crippen LogP contribution in [0.1, 0.15) is 31.7 Å². The van der Waals surface area contributed by atoms with Gasteiger partial charge < -0.3 is 0 Å². The minimum Gasteiger partial charge on any atom is -0.207 e. The standard InChI is InChI=1S/C13H15F/c1-3-5-6-11(4-2)12-7-9-13(14)10-8-12/h7-10H,2-3,5-6H2,1H3. The number of hydrogen-bond acceptors (Lipinski definition) is 0. The first-order valence-electron chi connectivity index (χ1n) is 4.92. The average molecular weight is 190 g/mol. The Morgan fingerprint density at radius 3 is 2.50 bits per heavy atom. The lowest BCUT2D eigenvalue weighted by Gasteiger charge is -2.03. The summed E-state index contributed by atoms with van der Waals surface area (Å²) >= 11 is 0. The third kappa shape index (κ3) is 2.86. The van der Waals surface area contributed by atoms with E-state index >= 15 is 0 Å². The highest BCUT2D eigenvalue weighted by Gasteiger charge is 2.00. The summed E-state index contributed by atoms with van der Waals surface area (Å²) in [4.78, 5) is 0. The van der Waals surface area contributed by atoms with E-state index in [1.807, 2.05) is 0 Å². The molecule has 0 aliphatic heterocycles. The fourth-order valence-electron chi connectivity index (χ4n) is 1.34.